The molecule has 0 bridgehead atoms. The summed E-state index contributed by atoms with van der Waals surface area (Å²) >= 11 is 0. The molecule has 3 rings (SSSR count). The van der Waals surface area contributed by atoms with E-state index in [1.54, 1.807) is 6.07 Å². The van der Waals surface area contributed by atoms with Crippen molar-refractivity contribution >= 4 is 25.2 Å². The number of aromatic nitrogens is 2. The molecule has 1 aromatic carbocycles. The zero-order chi connectivity index (χ0) is 26.7. The van der Waals surface area contributed by atoms with Gasteiger partial charge < -0.3 is 29.4 Å². The van der Waals surface area contributed by atoms with E-state index in [0.29, 0.717) is 0 Å². The Labute approximate surface area is 204 Å². The van der Waals surface area contributed by atoms with Gasteiger partial charge in [-0.25, -0.2) is 18.1 Å². The summed E-state index contributed by atoms with van der Waals surface area (Å²) in [6, 6.07) is 8.53. The molecule has 2 aromatic rings. The number of carbonyl (C=O) groups is 2. The van der Waals surface area contributed by atoms with Crippen LogP contribution >= 0.6 is 7.60 Å². The summed E-state index contributed by atoms with van der Waals surface area (Å²) in [5, 5.41) is 0. The number of esters is 1. The number of hydrogen-bond acceptors (Lipinski definition) is 9. The smallest absolute Gasteiger partial charge is 0.410 e. The van der Waals surface area contributed by atoms with Gasteiger partial charge in [0.25, 0.3) is 0 Å². The van der Waals surface area contributed by atoms with Crippen molar-refractivity contribution in [1.82, 2.24) is 9.55 Å². The number of nitrogens with two attached hydrogens (primary N) is 1. The number of alkyl halides is 2. The highest BCUT2D eigenvalue weighted by molar-refractivity contribution is 7.53. The molecular weight excluding hydrogens is 503 g/mol. The van der Waals surface area contributed by atoms with E-state index in [0.717, 1.165) is 17.7 Å². The Hall–Kier alpha value is -3.15. The number of Topliss-reactive ketones (excluding diaryl/α,β-unsaturated/α-hetero) is 1. The average molecular weight is 529 g/mol. The van der Waals surface area contributed by atoms with Crippen LogP contribution in [0.25, 0.3) is 0 Å². The summed E-state index contributed by atoms with van der Waals surface area (Å²) in [5.41, 5.74) is 1.87. The maximum absolute atomic E-state index is 16.0. The molecule has 36 heavy (non-hydrogen) atoms. The summed E-state index contributed by atoms with van der Waals surface area (Å²) in [6.07, 6.45) is -5.52. The van der Waals surface area contributed by atoms with Gasteiger partial charge in [0.1, 0.15) is 23.5 Å². The second kappa shape index (κ2) is 10.9. The number of ketones is 1. The van der Waals surface area contributed by atoms with Crippen molar-refractivity contribution in [3.8, 4) is 5.75 Å². The predicted octanol–water partition coefficient (Wildman–Crippen LogP) is 2.68. The summed E-state index contributed by atoms with van der Waals surface area (Å²) in [5.74, 6) is -4.06. The summed E-state index contributed by atoms with van der Waals surface area (Å²) in [7, 11) is -4.95. The monoisotopic (exact) mass is 529 g/mol. The number of rotatable bonds is 10. The molecule has 6 atom stereocenters. The van der Waals surface area contributed by atoms with E-state index in [1.165, 1.54) is 37.3 Å². The Morgan fingerprint density at radius 2 is 1.97 bits per heavy atom. The Bertz CT molecular complexity index is 1210. The lowest BCUT2D eigenvalue weighted by molar-refractivity contribution is -0.158. The largest absolute Gasteiger partial charge is 0.456 e. The van der Waals surface area contributed by atoms with Gasteiger partial charge >= 0.3 is 19.3 Å². The number of halogens is 2. The zero-order valence-corrected chi connectivity index (χ0v) is 20.3. The van der Waals surface area contributed by atoms with Crippen LogP contribution in [-0.2, 0) is 23.6 Å². The Kier molecular flexibility index (Phi) is 8.27. The van der Waals surface area contributed by atoms with Gasteiger partial charge in [0.2, 0.25) is 5.91 Å². The van der Waals surface area contributed by atoms with Gasteiger partial charge in [0.05, 0.1) is 6.42 Å². The number of para-hydroxylation sites is 1. The van der Waals surface area contributed by atoms with Crippen molar-refractivity contribution in [2.45, 2.75) is 63.1 Å². The first kappa shape index (κ1) is 27.4. The minimum Gasteiger partial charge on any atom is -0.456 e. The van der Waals surface area contributed by atoms with Gasteiger partial charge in [-0.1, -0.05) is 18.2 Å². The average Bonchev–Trinajstić information content (AvgIpc) is 3.02. The molecule has 11 nitrogen and oxygen atoms in total. The lowest BCUT2D eigenvalue weighted by Crippen LogP contribution is -2.45. The van der Waals surface area contributed by atoms with E-state index in [1.807, 2.05) is 0 Å². The molecule has 1 aliphatic rings. The van der Waals surface area contributed by atoms with E-state index in [-0.39, 0.29) is 30.2 Å². The van der Waals surface area contributed by atoms with E-state index in [2.05, 4.69) is 4.98 Å². The van der Waals surface area contributed by atoms with Crippen LogP contribution in [-0.4, -0.2) is 50.0 Å². The standard InChI is InChI=1S/C22H26F2N3O8P/c1-13(28)8-9-18(29)34-19-15(12-16(23)36(31,32)35-14-6-4-3-5-7-14)33-20(22(19,2)24)27-11-10-17(25)26-21(27)30/h3-7,10-11,15-16,19-20H,8-9,12H2,1-2H3,(H,31,32)(H2,25,26,30)/t15-,16?,19-,20-,22-/m1/s1. The van der Waals surface area contributed by atoms with Crippen LogP contribution in [0.2, 0.25) is 0 Å². The summed E-state index contributed by atoms with van der Waals surface area (Å²) < 4.78 is 60.1. The topological polar surface area (TPSA) is 160 Å². The number of nitrogen functional groups attached to an aromatic ring is 1. The molecule has 14 heteroatoms. The first-order chi connectivity index (χ1) is 16.8. The van der Waals surface area contributed by atoms with E-state index in [9.17, 15) is 23.8 Å². The molecule has 1 aromatic heterocycles. The van der Waals surface area contributed by atoms with Crippen LogP contribution in [0.3, 0.4) is 0 Å². The van der Waals surface area contributed by atoms with Crippen molar-refractivity contribution < 1.29 is 41.8 Å². The third kappa shape index (κ3) is 6.34. The maximum atomic E-state index is 16.0. The summed E-state index contributed by atoms with van der Waals surface area (Å²) in [4.78, 5) is 49.5. The van der Waals surface area contributed by atoms with Crippen LogP contribution in [0.15, 0.2) is 47.4 Å². The van der Waals surface area contributed by atoms with Crippen LogP contribution in [0.4, 0.5) is 14.6 Å². The number of carbonyl (C=O) groups excluding carboxylic acids is 2. The fourth-order valence-corrected chi connectivity index (χ4v) is 4.69. The molecule has 0 amide bonds. The fraction of sp³-hybridized carbons (Fsp3) is 0.455. The van der Waals surface area contributed by atoms with Crippen LogP contribution < -0.4 is 15.9 Å². The van der Waals surface area contributed by atoms with Crippen molar-refractivity contribution in [3.63, 3.8) is 0 Å². The SMILES string of the molecule is CC(=O)CCC(=O)O[C@@H]1[C@@H](CC(F)P(=O)(O)Oc2ccccc2)O[C@@H](n2ccc(N)nc2=O)[C@]1(C)F. The quantitative estimate of drug-likeness (QED) is 0.346. The molecule has 1 fully saturated rings. The first-order valence-corrected chi connectivity index (χ1v) is 12.5. The minimum absolute atomic E-state index is 0.0711. The minimum atomic E-state index is -4.95. The molecule has 2 heterocycles. The van der Waals surface area contributed by atoms with Crippen molar-refractivity contribution in [2.75, 3.05) is 5.73 Å². The number of hydrogen-bond donors (Lipinski definition) is 2. The van der Waals surface area contributed by atoms with Gasteiger partial charge in [0, 0.05) is 19.0 Å². The summed E-state index contributed by atoms with van der Waals surface area (Å²) in [6.45, 7) is 2.22. The first-order valence-electron chi connectivity index (χ1n) is 10.9. The molecule has 0 radical (unpaired) electrons. The fourth-order valence-electron chi connectivity index (χ4n) is 3.68. The maximum Gasteiger partial charge on any atom is 0.410 e. The lowest BCUT2D eigenvalue weighted by Gasteiger charge is -2.28. The van der Waals surface area contributed by atoms with Crippen LogP contribution in [0.1, 0.15) is 39.3 Å². The number of anilines is 1. The van der Waals surface area contributed by atoms with Gasteiger partial charge in [-0.3, -0.25) is 9.36 Å². The number of ether oxygens (including phenoxy) is 2. The van der Waals surface area contributed by atoms with Crippen LogP contribution in [0.5, 0.6) is 5.75 Å². The highest BCUT2D eigenvalue weighted by Crippen LogP contribution is 2.53. The normalized spacial score (nSPS) is 26.1. The van der Waals surface area contributed by atoms with E-state index in [4.69, 9.17) is 19.7 Å². The Balaban J connectivity index is 1.88. The van der Waals surface area contributed by atoms with E-state index >= 15 is 8.78 Å². The van der Waals surface area contributed by atoms with Crippen molar-refractivity contribution in [1.29, 1.82) is 0 Å². The molecular formula is C22H26F2N3O8P. The highest BCUT2D eigenvalue weighted by Gasteiger charge is 2.59. The third-order valence-corrected chi connectivity index (χ3v) is 6.88. The van der Waals surface area contributed by atoms with Gasteiger partial charge in [-0.2, -0.15) is 4.98 Å². The van der Waals surface area contributed by atoms with Gasteiger partial charge in [-0.05, 0) is 32.0 Å². The van der Waals surface area contributed by atoms with Crippen molar-refractivity contribution in [3.05, 3.63) is 53.1 Å². The second-order valence-electron chi connectivity index (χ2n) is 8.47. The Morgan fingerprint density at radius 1 is 1.31 bits per heavy atom. The molecule has 0 spiro atoms. The van der Waals surface area contributed by atoms with Crippen LogP contribution in [0, 0.1) is 0 Å². The zero-order valence-electron chi connectivity index (χ0n) is 19.5. The number of nitrogens with zero attached hydrogens (tertiary/aromatic N) is 2. The molecule has 196 valence electrons. The molecule has 1 saturated heterocycles. The molecule has 3 N–H and O–H groups in total. The van der Waals surface area contributed by atoms with Crippen molar-refractivity contribution in [2.24, 2.45) is 0 Å². The molecule has 0 aliphatic carbocycles. The number of benzene rings is 1. The lowest BCUT2D eigenvalue weighted by atomic mass is 9.96. The molecule has 2 unspecified atom stereocenters. The predicted molar refractivity (Wildman–Crippen MR) is 123 cm³/mol. The molecule has 0 saturated carbocycles. The van der Waals surface area contributed by atoms with Gasteiger partial charge in [-0.15, -0.1) is 0 Å². The second-order valence-corrected chi connectivity index (χ2v) is 10.3. The Morgan fingerprint density at radius 3 is 2.58 bits per heavy atom. The third-order valence-electron chi connectivity index (χ3n) is 5.48. The highest BCUT2D eigenvalue weighted by atomic mass is 31.2. The van der Waals surface area contributed by atoms with Gasteiger partial charge in [0.15, 0.2) is 18.0 Å². The molecule has 1 aliphatic heterocycles. The van der Waals surface area contributed by atoms with E-state index < -0.39 is 55.7 Å².